The zero-order valence-electron chi connectivity index (χ0n) is 12.4. The lowest BCUT2D eigenvalue weighted by molar-refractivity contribution is -0.138. The predicted octanol–water partition coefficient (Wildman–Crippen LogP) is 1.75. The van der Waals surface area contributed by atoms with Crippen molar-refractivity contribution in [2.45, 2.75) is 17.4 Å². The number of benzene rings is 2. The number of phenols is 1. The third-order valence-electron chi connectivity index (χ3n) is 3.25. The molecule has 0 fully saturated rings. The van der Waals surface area contributed by atoms with Crippen molar-refractivity contribution < 1.29 is 28.0 Å². The monoisotopic (exact) mass is 349 g/mol. The van der Waals surface area contributed by atoms with Crippen LogP contribution in [0.15, 0.2) is 58.4 Å². The average Bonchev–Trinajstić information content (AvgIpc) is 2.52. The van der Waals surface area contributed by atoms with Crippen LogP contribution in [0.4, 0.5) is 0 Å². The third kappa shape index (κ3) is 4.64. The summed E-state index contributed by atoms with van der Waals surface area (Å²) in [4.78, 5) is 14.8. The molecule has 0 aliphatic heterocycles. The number of carboxylic acids is 1. The molecule has 0 saturated carbocycles. The number of phenolic OH excluding ortho intramolecular Hbond substituents is 1. The molecule has 0 amide bonds. The number of hydrogen-bond donors (Lipinski definition) is 3. The summed E-state index contributed by atoms with van der Waals surface area (Å²) >= 11 is 0. The van der Waals surface area contributed by atoms with Crippen molar-refractivity contribution in [2.75, 3.05) is 0 Å². The number of aliphatic imine (C=N–C) groups is 1. The second-order valence-corrected chi connectivity index (χ2v) is 6.44. The van der Waals surface area contributed by atoms with Crippen molar-refractivity contribution >= 4 is 22.3 Å². The van der Waals surface area contributed by atoms with Crippen LogP contribution in [0.1, 0.15) is 11.1 Å². The van der Waals surface area contributed by atoms with Crippen molar-refractivity contribution in [3.05, 3.63) is 59.7 Å². The topological polar surface area (TPSA) is 124 Å². The molecular formula is C16H15NO6S. The maximum atomic E-state index is 11.3. The van der Waals surface area contributed by atoms with Gasteiger partial charge in [-0.25, -0.2) is 4.79 Å². The Bertz CT molecular complexity index is 861. The van der Waals surface area contributed by atoms with Crippen LogP contribution in [0.5, 0.6) is 5.75 Å². The molecule has 2 rings (SSSR count). The number of hydrogen-bond acceptors (Lipinski definition) is 5. The molecule has 0 radical (unpaired) electrons. The van der Waals surface area contributed by atoms with E-state index in [1.807, 2.05) is 0 Å². The van der Waals surface area contributed by atoms with Gasteiger partial charge in [0.05, 0.1) is 4.90 Å². The lowest BCUT2D eigenvalue weighted by atomic mass is 10.1. The van der Waals surface area contributed by atoms with Crippen LogP contribution >= 0.6 is 0 Å². The Hall–Kier alpha value is -2.71. The molecule has 0 aliphatic carbocycles. The lowest BCUT2D eigenvalue weighted by Gasteiger charge is -2.08. The maximum absolute atomic E-state index is 11.3. The summed E-state index contributed by atoms with van der Waals surface area (Å²) in [5.74, 6) is -1.43. The summed E-state index contributed by atoms with van der Waals surface area (Å²) in [7, 11) is -4.43. The highest BCUT2D eigenvalue weighted by Gasteiger charge is 2.17. The van der Waals surface area contributed by atoms with Crippen LogP contribution < -0.4 is 0 Å². The van der Waals surface area contributed by atoms with Crippen LogP contribution in [0.3, 0.4) is 0 Å². The zero-order valence-corrected chi connectivity index (χ0v) is 13.2. The Kier molecular flexibility index (Phi) is 5.32. The SMILES string of the molecule is O=C(O)C(Cc1ccccc1)N=Cc1cc(S(=O)(=O)O)ccc1O. The minimum atomic E-state index is -4.43. The standard InChI is InChI=1S/C16H15NO6S/c18-15-7-6-13(24(21,22)23)9-12(15)10-17-14(16(19)20)8-11-4-2-1-3-5-11/h1-7,9-10,14,18H,8H2,(H,19,20)(H,21,22,23). The highest BCUT2D eigenvalue weighted by Crippen LogP contribution is 2.20. The van der Waals surface area contributed by atoms with Gasteiger partial charge in [0.2, 0.25) is 0 Å². The Labute approximate surface area is 138 Å². The van der Waals surface area contributed by atoms with E-state index in [9.17, 15) is 23.4 Å². The van der Waals surface area contributed by atoms with Gasteiger partial charge in [-0.15, -0.1) is 0 Å². The second-order valence-electron chi connectivity index (χ2n) is 5.02. The van der Waals surface area contributed by atoms with Gasteiger partial charge in [0, 0.05) is 18.2 Å². The zero-order chi connectivity index (χ0) is 17.7. The molecular weight excluding hydrogens is 334 g/mol. The smallest absolute Gasteiger partial charge is 0.328 e. The van der Waals surface area contributed by atoms with E-state index in [1.165, 1.54) is 0 Å². The van der Waals surface area contributed by atoms with Gasteiger partial charge in [-0.1, -0.05) is 30.3 Å². The normalized spacial score (nSPS) is 13.0. The number of carboxylic acid groups (broad SMARTS) is 1. The number of nitrogens with zero attached hydrogens (tertiary/aromatic N) is 1. The summed E-state index contributed by atoms with van der Waals surface area (Å²) in [5, 5.41) is 19.0. The van der Waals surface area contributed by atoms with E-state index in [0.717, 1.165) is 30.0 Å². The van der Waals surface area contributed by atoms with E-state index in [-0.39, 0.29) is 17.7 Å². The molecule has 2 aromatic carbocycles. The molecule has 3 N–H and O–H groups in total. The highest BCUT2D eigenvalue weighted by atomic mass is 32.2. The first kappa shape index (κ1) is 17.6. The van der Waals surface area contributed by atoms with E-state index < -0.39 is 27.0 Å². The van der Waals surface area contributed by atoms with Crippen molar-refractivity contribution in [3.8, 4) is 5.75 Å². The highest BCUT2D eigenvalue weighted by molar-refractivity contribution is 7.85. The van der Waals surface area contributed by atoms with Gasteiger partial charge in [0.25, 0.3) is 10.1 Å². The van der Waals surface area contributed by atoms with Crippen LogP contribution in [-0.2, 0) is 21.3 Å². The van der Waals surface area contributed by atoms with Crippen molar-refractivity contribution in [3.63, 3.8) is 0 Å². The van der Waals surface area contributed by atoms with E-state index in [4.69, 9.17) is 4.55 Å². The van der Waals surface area contributed by atoms with Crippen molar-refractivity contribution in [2.24, 2.45) is 4.99 Å². The molecule has 1 atom stereocenters. The molecule has 1 unspecified atom stereocenters. The van der Waals surface area contributed by atoms with Crippen LogP contribution in [0, 0.1) is 0 Å². The maximum Gasteiger partial charge on any atom is 0.328 e. The Morgan fingerprint density at radius 3 is 2.42 bits per heavy atom. The first-order chi connectivity index (χ1) is 11.3. The molecule has 0 aliphatic rings. The molecule has 0 bridgehead atoms. The Morgan fingerprint density at radius 2 is 1.83 bits per heavy atom. The minimum Gasteiger partial charge on any atom is -0.507 e. The largest absolute Gasteiger partial charge is 0.507 e. The number of aromatic hydroxyl groups is 1. The van der Waals surface area contributed by atoms with Crippen LogP contribution in [0.25, 0.3) is 0 Å². The van der Waals surface area contributed by atoms with Gasteiger partial charge in [-0.3, -0.25) is 9.55 Å². The number of rotatable bonds is 6. The van der Waals surface area contributed by atoms with Gasteiger partial charge in [0.1, 0.15) is 5.75 Å². The molecule has 0 saturated heterocycles. The third-order valence-corrected chi connectivity index (χ3v) is 4.10. The van der Waals surface area contributed by atoms with E-state index in [2.05, 4.69) is 4.99 Å². The molecule has 126 valence electrons. The van der Waals surface area contributed by atoms with Gasteiger partial charge in [-0.2, -0.15) is 8.42 Å². The fourth-order valence-corrected chi connectivity index (χ4v) is 2.52. The molecule has 8 heteroatoms. The molecule has 0 aromatic heterocycles. The van der Waals surface area contributed by atoms with Crippen LogP contribution in [0.2, 0.25) is 0 Å². The fourth-order valence-electron chi connectivity index (χ4n) is 2.01. The fraction of sp³-hybridized carbons (Fsp3) is 0.125. The molecule has 2 aromatic rings. The minimum absolute atomic E-state index is 0.00978. The Morgan fingerprint density at radius 1 is 1.17 bits per heavy atom. The molecule has 0 heterocycles. The first-order valence-electron chi connectivity index (χ1n) is 6.88. The van der Waals surface area contributed by atoms with Crippen LogP contribution in [-0.4, -0.2) is 41.4 Å². The average molecular weight is 349 g/mol. The predicted molar refractivity (Wildman–Crippen MR) is 87.1 cm³/mol. The van der Waals surface area contributed by atoms with E-state index in [1.54, 1.807) is 30.3 Å². The van der Waals surface area contributed by atoms with Gasteiger partial charge in [-0.05, 0) is 23.8 Å². The summed E-state index contributed by atoms with van der Waals surface area (Å²) in [5.41, 5.74) is 0.766. The lowest BCUT2D eigenvalue weighted by Crippen LogP contribution is -2.20. The van der Waals surface area contributed by atoms with Gasteiger partial charge < -0.3 is 10.2 Å². The summed E-state index contributed by atoms with van der Waals surface area (Å²) in [6.45, 7) is 0. The molecule has 7 nitrogen and oxygen atoms in total. The van der Waals surface area contributed by atoms with E-state index >= 15 is 0 Å². The van der Waals surface area contributed by atoms with Gasteiger partial charge >= 0.3 is 5.97 Å². The van der Waals surface area contributed by atoms with Gasteiger partial charge in [0.15, 0.2) is 6.04 Å². The van der Waals surface area contributed by atoms with Crippen molar-refractivity contribution in [1.29, 1.82) is 0 Å². The van der Waals surface area contributed by atoms with E-state index in [0.29, 0.717) is 0 Å². The first-order valence-corrected chi connectivity index (χ1v) is 8.32. The Balaban J connectivity index is 2.28. The number of aliphatic carboxylic acids is 1. The molecule has 0 spiro atoms. The molecule has 24 heavy (non-hydrogen) atoms. The number of carbonyl (C=O) groups is 1. The summed E-state index contributed by atoms with van der Waals surface area (Å²) in [6, 6.07) is 10.9. The summed E-state index contributed by atoms with van der Waals surface area (Å²) in [6.07, 6.45) is 1.22. The quantitative estimate of drug-likeness (QED) is 0.539. The second kappa shape index (κ2) is 7.24. The summed E-state index contributed by atoms with van der Waals surface area (Å²) < 4.78 is 31.3. The van der Waals surface area contributed by atoms with Crippen molar-refractivity contribution in [1.82, 2.24) is 0 Å².